The topological polar surface area (TPSA) is 67.9 Å². The molecule has 1 N–H and O–H groups in total. The van der Waals surface area contributed by atoms with Gasteiger partial charge in [0, 0.05) is 18.7 Å². The van der Waals surface area contributed by atoms with Crippen molar-refractivity contribution in [1.82, 2.24) is 4.90 Å². The first-order chi connectivity index (χ1) is 13.5. The Hall–Kier alpha value is -2.00. The number of carbonyl (C=O) groups excluding carboxylic acids is 2. The number of nitrogens with one attached hydrogen (secondary N) is 1. The number of anilines is 1. The van der Waals surface area contributed by atoms with Gasteiger partial charge >= 0.3 is 5.97 Å². The molecule has 1 aromatic heterocycles. The minimum Gasteiger partial charge on any atom is -0.462 e. The fourth-order valence-electron chi connectivity index (χ4n) is 2.89. The largest absolute Gasteiger partial charge is 0.462 e. The highest BCUT2D eigenvalue weighted by molar-refractivity contribution is 7.21. The molecule has 6 nitrogen and oxygen atoms in total. The second-order valence-electron chi connectivity index (χ2n) is 6.12. The van der Waals surface area contributed by atoms with Crippen LogP contribution >= 0.6 is 22.9 Å². The number of rotatable bonds is 6. The minimum absolute atomic E-state index is 0.177. The number of ether oxygens (including phenoxy) is 2. The molecule has 1 amide bonds. The van der Waals surface area contributed by atoms with Crippen molar-refractivity contribution in [3.63, 3.8) is 0 Å². The van der Waals surface area contributed by atoms with E-state index in [1.807, 2.05) is 4.90 Å². The molecule has 1 aliphatic heterocycles. The Balaban J connectivity index is 1.89. The maximum atomic E-state index is 13.3. The molecular weight excluding hydrogens is 407 g/mol. The van der Waals surface area contributed by atoms with Crippen molar-refractivity contribution in [1.29, 1.82) is 0 Å². The van der Waals surface area contributed by atoms with Crippen LogP contribution in [-0.4, -0.2) is 56.2 Å². The SMILES string of the molecule is CCOC(=O)c1c(NC(=O)CN2CCOCC2)sc(Cl)c1-c1ccc(F)cc1. The third-order valence-corrected chi connectivity index (χ3v) is 5.52. The zero-order valence-corrected chi connectivity index (χ0v) is 16.9. The Labute approximate surface area is 171 Å². The molecule has 0 bridgehead atoms. The average molecular weight is 427 g/mol. The van der Waals surface area contributed by atoms with E-state index in [4.69, 9.17) is 21.1 Å². The van der Waals surface area contributed by atoms with Gasteiger partial charge in [-0.05, 0) is 24.6 Å². The van der Waals surface area contributed by atoms with Crippen LogP contribution in [0, 0.1) is 5.82 Å². The van der Waals surface area contributed by atoms with Crippen molar-refractivity contribution in [2.75, 3.05) is 44.8 Å². The van der Waals surface area contributed by atoms with Gasteiger partial charge in [-0.3, -0.25) is 9.69 Å². The predicted octanol–water partition coefficient (Wildman–Crippen LogP) is 3.66. The molecule has 28 heavy (non-hydrogen) atoms. The van der Waals surface area contributed by atoms with Crippen molar-refractivity contribution in [2.24, 2.45) is 0 Å². The maximum Gasteiger partial charge on any atom is 0.341 e. The molecule has 0 aliphatic carbocycles. The van der Waals surface area contributed by atoms with Crippen LogP contribution < -0.4 is 5.32 Å². The van der Waals surface area contributed by atoms with E-state index in [1.54, 1.807) is 6.92 Å². The number of thiophene rings is 1. The van der Waals surface area contributed by atoms with Crippen LogP contribution in [0.5, 0.6) is 0 Å². The summed E-state index contributed by atoms with van der Waals surface area (Å²) in [6.45, 7) is 4.57. The first-order valence-corrected chi connectivity index (χ1v) is 10.0. The van der Waals surface area contributed by atoms with E-state index >= 15 is 0 Å². The summed E-state index contributed by atoms with van der Waals surface area (Å²) in [5.74, 6) is -1.24. The predicted molar refractivity (Wildman–Crippen MR) is 107 cm³/mol. The van der Waals surface area contributed by atoms with Crippen LogP contribution in [0.4, 0.5) is 9.39 Å². The maximum absolute atomic E-state index is 13.3. The lowest BCUT2D eigenvalue weighted by Gasteiger charge is -2.25. The molecule has 150 valence electrons. The minimum atomic E-state index is -0.591. The summed E-state index contributed by atoms with van der Waals surface area (Å²) in [4.78, 5) is 27.0. The van der Waals surface area contributed by atoms with E-state index in [9.17, 15) is 14.0 Å². The number of nitrogens with zero attached hydrogens (tertiary/aromatic N) is 1. The van der Waals surface area contributed by atoms with Crippen LogP contribution in [0.1, 0.15) is 17.3 Å². The number of hydrogen-bond donors (Lipinski definition) is 1. The summed E-state index contributed by atoms with van der Waals surface area (Å²) in [6.07, 6.45) is 0. The van der Waals surface area contributed by atoms with Crippen LogP contribution in [0.15, 0.2) is 24.3 Å². The molecule has 9 heteroatoms. The third kappa shape index (κ3) is 4.88. The lowest BCUT2D eigenvalue weighted by Crippen LogP contribution is -2.41. The van der Waals surface area contributed by atoms with Crippen LogP contribution in [0.2, 0.25) is 4.34 Å². The Bertz CT molecular complexity index is 850. The van der Waals surface area contributed by atoms with Gasteiger partial charge in [-0.25, -0.2) is 9.18 Å². The van der Waals surface area contributed by atoms with Gasteiger partial charge in [-0.2, -0.15) is 0 Å². The van der Waals surface area contributed by atoms with Crippen LogP contribution in [0.25, 0.3) is 11.1 Å². The molecule has 2 heterocycles. The number of esters is 1. The molecule has 0 radical (unpaired) electrons. The smallest absolute Gasteiger partial charge is 0.341 e. The van der Waals surface area contributed by atoms with E-state index in [0.29, 0.717) is 46.8 Å². The Morgan fingerprint density at radius 1 is 1.29 bits per heavy atom. The Morgan fingerprint density at radius 3 is 2.61 bits per heavy atom. The number of hydrogen-bond acceptors (Lipinski definition) is 6. The average Bonchev–Trinajstić information content (AvgIpc) is 2.99. The molecule has 0 unspecified atom stereocenters. The van der Waals surface area contributed by atoms with Crippen molar-refractivity contribution < 1.29 is 23.5 Å². The fraction of sp³-hybridized carbons (Fsp3) is 0.368. The first-order valence-electron chi connectivity index (χ1n) is 8.85. The number of benzene rings is 1. The number of amides is 1. The molecule has 1 aromatic carbocycles. The standard InChI is InChI=1S/C19H20ClFN2O4S/c1-2-27-19(25)16-15(12-3-5-13(21)6-4-12)17(20)28-18(16)22-14(24)11-23-7-9-26-10-8-23/h3-6H,2,7-11H2,1H3,(H,22,24). The quantitative estimate of drug-likeness (QED) is 0.714. The van der Waals surface area contributed by atoms with Gasteiger partial charge in [-0.15, -0.1) is 11.3 Å². The van der Waals surface area contributed by atoms with Crippen molar-refractivity contribution in [2.45, 2.75) is 6.92 Å². The lowest BCUT2D eigenvalue weighted by molar-refractivity contribution is -0.118. The van der Waals surface area contributed by atoms with Gasteiger partial charge in [0.05, 0.1) is 26.4 Å². The molecule has 3 rings (SSSR count). The van der Waals surface area contributed by atoms with Gasteiger partial charge in [0.2, 0.25) is 5.91 Å². The number of carbonyl (C=O) groups is 2. The molecule has 0 saturated carbocycles. The third-order valence-electron chi connectivity index (χ3n) is 4.20. The van der Waals surface area contributed by atoms with E-state index in [-0.39, 0.29) is 24.6 Å². The summed E-state index contributed by atoms with van der Waals surface area (Å²) < 4.78 is 24.0. The highest BCUT2D eigenvalue weighted by Gasteiger charge is 2.27. The highest BCUT2D eigenvalue weighted by atomic mass is 35.5. The summed E-state index contributed by atoms with van der Waals surface area (Å²) in [6, 6.07) is 5.64. The van der Waals surface area contributed by atoms with Crippen LogP contribution in [0.3, 0.4) is 0 Å². The molecule has 0 atom stereocenters. The van der Waals surface area contributed by atoms with E-state index in [2.05, 4.69) is 5.32 Å². The number of halogens is 2. The summed E-state index contributed by atoms with van der Waals surface area (Å²) >= 11 is 7.46. The molecule has 1 aliphatic rings. The van der Waals surface area contributed by atoms with Gasteiger partial charge in [0.15, 0.2) is 0 Å². The summed E-state index contributed by atoms with van der Waals surface area (Å²) in [5, 5.41) is 3.10. The highest BCUT2D eigenvalue weighted by Crippen LogP contribution is 2.44. The van der Waals surface area contributed by atoms with E-state index < -0.39 is 11.8 Å². The summed E-state index contributed by atoms with van der Waals surface area (Å²) in [7, 11) is 0. The second kappa shape index (κ2) is 9.47. The Morgan fingerprint density at radius 2 is 1.96 bits per heavy atom. The number of morpholine rings is 1. The molecule has 2 aromatic rings. The second-order valence-corrected chi connectivity index (χ2v) is 7.74. The van der Waals surface area contributed by atoms with Gasteiger partial charge in [0.25, 0.3) is 0 Å². The summed E-state index contributed by atoms with van der Waals surface area (Å²) in [5.41, 5.74) is 1.17. The molecule has 0 spiro atoms. The van der Waals surface area contributed by atoms with E-state index in [0.717, 1.165) is 11.3 Å². The molecule has 1 fully saturated rings. The Kier molecular flexibility index (Phi) is 7.01. The molecule has 1 saturated heterocycles. The van der Waals surface area contributed by atoms with Crippen molar-refractivity contribution >= 4 is 39.8 Å². The van der Waals surface area contributed by atoms with Gasteiger partial charge in [-0.1, -0.05) is 23.7 Å². The van der Waals surface area contributed by atoms with Gasteiger partial charge in [0.1, 0.15) is 20.7 Å². The fourth-order valence-corrected chi connectivity index (χ4v) is 4.28. The van der Waals surface area contributed by atoms with Crippen molar-refractivity contribution in [3.8, 4) is 11.1 Å². The zero-order chi connectivity index (χ0) is 20.1. The first kappa shape index (κ1) is 20.7. The van der Waals surface area contributed by atoms with Crippen molar-refractivity contribution in [3.05, 3.63) is 40.0 Å². The van der Waals surface area contributed by atoms with Gasteiger partial charge < -0.3 is 14.8 Å². The normalized spacial score (nSPS) is 14.7. The molecular formula is C19H20ClFN2O4S. The monoisotopic (exact) mass is 426 g/mol. The van der Waals surface area contributed by atoms with E-state index in [1.165, 1.54) is 24.3 Å². The van der Waals surface area contributed by atoms with Crippen LogP contribution in [-0.2, 0) is 14.3 Å². The zero-order valence-electron chi connectivity index (χ0n) is 15.3. The lowest BCUT2D eigenvalue weighted by atomic mass is 10.0.